The highest BCUT2D eigenvalue weighted by atomic mass is 32.1. The Morgan fingerprint density at radius 3 is 2.90 bits per heavy atom. The minimum absolute atomic E-state index is 0.0125. The lowest BCUT2D eigenvalue weighted by Gasteiger charge is -2.08. The molecule has 0 bridgehead atoms. The molecule has 2 aromatic heterocycles. The van der Waals surface area contributed by atoms with Gasteiger partial charge in [-0.3, -0.25) is 4.79 Å². The van der Waals surface area contributed by atoms with Gasteiger partial charge in [-0.2, -0.15) is 0 Å². The molecule has 2 aromatic rings. The standard InChI is InChI=1S/C14H18N4OS/c1-10-11(15)5-6-13(18-10)16-7-3-8-17-14(19)12-4-2-9-20-12/h2,4-6,9H,3,7-8,15H2,1H3,(H,16,18)(H,17,19). The molecule has 0 radical (unpaired) electrons. The molecular formula is C14H18N4OS. The van der Waals surface area contributed by atoms with E-state index in [0.29, 0.717) is 12.2 Å². The second kappa shape index (κ2) is 6.91. The molecule has 0 spiro atoms. The molecular weight excluding hydrogens is 272 g/mol. The Labute approximate surface area is 122 Å². The van der Waals surface area contributed by atoms with Crippen molar-refractivity contribution in [2.24, 2.45) is 0 Å². The molecule has 0 aliphatic heterocycles. The van der Waals surface area contributed by atoms with Crippen molar-refractivity contribution < 1.29 is 4.79 Å². The number of nitrogen functional groups attached to an aromatic ring is 1. The lowest BCUT2D eigenvalue weighted by molar-refractivity contribution is 0.0957. The van der Waals surface area contributed by atoms with Gasteiger partial charge in [-0.25, -0.2) is 4.98 Å². The maximum Gasteiger partial charge on any atom is 0.261 e. The molecule has 0 unspecified atom stereocenters. The lowest BCUT2D eigenvalue weighted by atomic mass is 10.3. The maximum absolute atomic E-state index is 11.7. The van der Waals surface area contributed by atoms with Gasteiger partial charge in [0.2, 0.25) is 0 Å². The summed E-state index contributed by atoms with van der Waals surface area (Å²) in [6, 6.07) is 7.38. The van der Waals surface area contributed by atoms with Gasteiger partial charge < -0.3 is 16.4 Å². The van der Waals surface area contributed by atoms with Crippen molar-refractivity contribution in [1.29, 1.82) is 0 Å². The summed E-state index contributed by atoms with van der Waals surface area (Å²) in [4.78, 5) is 16.7. The van der Waals surface area contributed by atoms with Crippen LogP contribution in [0.2, 0.25) is 0 Å². The fourth-order valence-corrected chi connectivity index (χ4v) is 2.31. The third-order valence-corrected chi connectivity index (χ3v) is 3.69. The van der Waals surface area contributed by atoms with Gasteiger partial charge in [-0.05, 0) is 36.9 Å². The summed E-state index contributed by atoms with van der Waals surface area (Å²) >= 11 is 1.45. The number of hydrogen-bond acceptors (Lipinski definition) is 5. The van der Waals surface area contributed by atoms with Gasteiger partial charge in [-0.15, -0.1) is 11.3 Å². The third-order valence-electron chi connectivity index (χ3n) is 2.82. The predicted molar refractivity (Wildman–Crippen MR) is 83.1 cm³/mol. The Balaban J connectivity index is 1.66. The highest BCUT2D eigenvalue weighted by molar-refractivity contribution is 7.12. The first-order chi connectivity index (χ1) is 9.66. The molecule has 5 nitrogen and oxygen atoms in total. The van der Waals surface area contributed by atoms with E-state index in [1.165, 1.54) is 11.3 Å². The Hall–Kier alpha value is -2.08. The van der Waals surface area contributed by atoms with E-state index in [9.17, 15) is 4.79 Å². The van der Waals surface area contributed by atoms with E-state index in [1.807, 2.05) is 36.6 Å². The van der Waals surface area contributed by atoms with Crippen molar-refractivity contribution in [2.75, 3.05) is 24.1 Å². The smallest absolute Gasteiger partial charge is 0.261 e. The zero-order chi connectivity index (χ0) is 14.4. The van der Waals surface area contributed by atoms with E-state index in [2.05, 4.69) is 15.6 Å². The highest BCUT2D eigenvalue weighted by Gasteiger charge is 2.04. The molecule has 0 saturated heterocycles. The number of carbonyl (C=O) groups excluding carboxylic acids is 1. The van der Waals surface area contributed by atoms with Crippen molar-refractivity contribution in [3.8, 4) is 0 Å². The molecule has 4 N–H and O–H groups in total. The van der Waals surface area contributed by atoms with Crippen molar-refractivity contribution >= 4 is 28.7 Å². The number of aryl methyl sites for hydroxylation is 1. The number of nitrogens with two attached hydrogens (primary N) is 1. The van der Waals surface area contributed by atoms with Crippen molar-refractivity contribution in [3.63, 3.8) is 0 Å². The summed E-state index contributed by atoms with van der Waals surface area (Å²) < 4.78 is 0. The molecule has 0 atom stereocenters. The number of nitrogens with one attached hydrogen (secondary N) is 2. The molecule has 0 aliphatic rings. The minimum atomic E-state index is -0.0125. The van der Waals surface area contributed by atoms with Crippen LogP contribution in [0, 0.1) is 6.92 Å². The Morgan fingerprint density at radius 1 is 1.35 bits per heavy atom. The number of pyridine rings is 1. The summed E-state index contributed by atoms with van der Waals surface area (Å²) in [6.07, 6.45) is 0.836. The van der Waals surface area contributed by atoms with Crippen LogP contribution in [0.15, 0.2) is 29.6 Å². The molecule has 2 rings (SSSR count). The molecule has 1 amide bonds. The molecule has 106 valence electrons. The van der Waals surface area contributed by atoms with E-state index < -0.39 is 0 Å². The lowest BCUT2D eigenvalue weighted by Crippen LogP contribution is -2.25. The van der Waals surface area contributed by atoms with Gasteiger partial charge in [0.05, 0.1) is 16.3 Å². The number of amides is 1. The summed E-state index contributed by atoms with van der Waals surface area (Å²) in [5, 5.41) is 7.98. The van der Waals surface area contributed by atoms with Crippen LogP contribution in [0.5, 0.6) is 0 Å². The van der Waals surface area contributed by atoms with Crippen molar-refractivity contribution in [2.45, 2.75) is 13.3 Å². The van der Waals surface area contributed by atoms with Crippen LogP contribution >= 0.6 is 11.3 Å². The quantitative estimate of drug-likeness (QED) is 0.713. The van der Waals surface area contributed by atoms with Crippen LogP contribution in [-0.2, 0) is 0 Å². The predicted octanol–water partition coefficient (Wildman–Crippen LogP) is 2.27. The van der Waals surface area contributed by atoms with E-state index in [1.54, 1.807) is 0 Å². The largest absolute Gasteiger partial charge is 0.397 e. The van der Waals surface area contributed by atoms with Gasteiger partial charge in [-0.1, -0.05) is 6.07 Å². The first-order valence-corrected chi connectivity index (χ1v) is 7.33. The first kappa shape index (κ1) is 14.3. The third kappa shape index (κ3) is 3.96. The fourth-order valence-electron chi connectivity index (χ4n) is 1.67. The van der Waals surface area contributed by atoms with Gasteiger partial charge in [0.15, 0.2) is 0 Å². The van der Waals surface area contributed by atoms with E-state index in [4.69, 9.17) is 5.73 Å². The highest BCUT2D eigenvalue weighted by Crippen LogP contribution is 2.11. The SMILES string of the molecule is Cc1nc(NCCCNC(=O)c2cccs2)ccc1N. The van der Waals surface area contributed by atoms with Crippen LogP contribution in [0.1, 0.15) is 21.8 Å². The average Bonchev–Trinajstić information content (AvgIpc) is 2.96. The van der Waals surface area contributed by atoms with Crippen LogP contribution in [0.3, 0.4) is 0 Å². The normalized spacial score (nSPS) is 10.2. The number of carbonyl (C=O) groups is 1. The number of thiophene rings is 1. The molecule has 6 heteroatoms. The van der Waals surface area contributed by atoms with Crippen molar-refractivity contribution in [3.05, 3.63) is 40.2 Å². The molecule has 0 fully saturated rings. The monoisotopic (exact) mass is 290 g/mol. The summed E-state index contributed by atoms with van der Waals surface area (Å²) in [7, 11) is 0. The second-order valence-electron chi connectivity index (χ2n) is 4.38. The van der Waals surface area contributed by atoms with Gasteiger partial charge in [0, 0.05) is 13.1 Å². The fraction of sp³-hybridized carbons (Fsp3) is 0.286. The van der Waals surface area contributed by atoms with Gasteiger partial charge >= 0.3 is 0 Å². The van der Waals surface area contributed by atoms with Crippen LogP contribution in [0.25, 0.3) is 0 Å². The van der Waals surface area contributed by atoms with Gasteiger partial charge in [0.25, 0.3) is 5.91 Å². The molecule has 20 heavy (non-hydrogen) atoms. The van der Waals surface area contributed by atoms with Crippen LogP contribution in [0.4, 0.5) is 11.5 Å². The topological polar surface area (TPSA) is 80.0 Å². The number of anilines is 2. The van der Waals surface area contributed by atoms with Gasteiger partial charge in [0.1, 0.15) is 5.82 Å². The Bertz CT molecular complexity index is 569. The Morgan fingerprint density at radius 2 is 2.20 bits per heavy atom. The van der Waals surface area contributed by atoms with Crippen molar-refractivity contribution in [1.82, 2.24) is 10.3 Å². The summed E-state index contributed by atoms with van der Waals surface area (Å²) in [5.74, 6) is 0.794. The average molecular weight is 290 g/mol. The second-order valence-corrected chi connectivity index (χ2v) is 5.33. The molecule has 0 aliphatic carbocycles. The molecule has 2 heterocycles. The zero-order valence-corrected chi connectivity index (χ0v) is 12.2. The minimum Gasteiger partial charge on any atom is -0.397 e. The number of rotatable bonds is 6. The maximum atomic E-state index is 11.7. The Kier molecular flexibility index (Phi) is 4.95. The summed E-state index contributed by atoms with van der Waals surface area (Å²) in [6.45, 7) is 3.26. The van der Waals surface area contributed by atoms with E-state index >= 15 is 0 Å². The molecule has 0 aromatic carbocycles. The van der Waals surface area contributed by atoms with Crippen LogP contribution < -0.4 is 16.4 Å². The zero-order valence-electron chi connectivity index (χ0n) is 11.3. The van der Waals surface area contributed by atoms with E-state index in [-0.39, 0.29) is 5.91 Å². The number of nitrogens with zero attached hydrogens (tertiary/aromatic N) is 1. The molecule has 0 saturated carbocycles. The van der Waals surface area contributed by atoms with Crippen LogP contribution in [-0.4, -0.2) is 24.0 Å². The number of aromatic nitrogens is 1. The van der Waals surface area contributed by atoms with E-state index in [0.717, 1.165) is 29.4 Å². The number of hydrogen-bond donors (Lipinski definition) is 3. The summed E-state index contributed by atoms with van der Waals surface area (Å²) in [5.41, 5.74) is 7.22. The first-order valence-electron chi connectivity index (χ1n) is 6.45.